The van der Waals surface area contributed by atoms with Crippen molar-refractivity contribution in [3.63, 3.8) is 0 Å². The summed E-state index contributed by atoms with van der Waals surface area (Å²) in [6.07, 6.45) is 4.42. The van der Waals surface area contributed by atoms with Gasteiger partial charge in [0.1, 0.15) is 0 Å². The molecule has 0 fully saturated rings. The summed E-state index contributed by atoms with van der Waals surface area (Å²) in [6, 6.07) is 12.0. The number of fused-ring (bicyclic) bond motifs is 3. The van der Waals surface area contributed by atoms with Gasteiger partial charge in [-0.3, -0.25) is 4.79 Å². The fourth-order valence-corrected chi connectivity index (χ4v) is 5.49. The normalized spacial score (nSPS) is 12.8. The molecule has 0 aliphatic heterocycles. The van der Waals surface area contributed by atoms with Gasteiger partial charge in [0.2, 0.25) is 10.0 Å². The van der Waals surface area contributed by atoms with E-state index in [0.29, 0.717) is 17.8 Å². The quantitative estimate of drug-likeness (QED) is 0.393. The second-order valence-corrected chi connectivity index (χ2v) is 9.70. The molecule has 0 bridgehead atoms. The average molecular weight is 464 g/mol. The fraction of sp³-hybridized carbons (Fsp3) is 0.167. The molecule has 1 aliphatic rings. The number of anilines is 1. The number of sulfonamides is 1. The number of aryl methyl sites for hydroxylation is 1. The lowest BCUT2D eigenvalue weighted by atomic mass is 9.88. The van der Waals surface area contributed by atoms with Crippen molar-refractivity contribution in [2.45, 2.75) is 17.7 Å². The van der Waals surface area contributed by atoms with Crippen molar-refractivity contribution in [2.75, 3.05) is 18.8 Å². The Morgan fingerprint density at radius 1 is 1.09 bits per heavy atom. The molecule has 4 rings (SSSR count). The molecule has 3 aromatic rings. The first-order valence-corrected chi connectivity index (χ1v) is 11.8. The number of rotatable bonds is 8. The van der Waals surface area contributed by atoms with Crippen LogP contribution in [0.5, 0.6) is 0 Å². The van der Waals surface area contributed by atoms with Crippen LogP contribution in [0.25, 0.3) is 16.9 Å². The number of amides is 1. The summed E-state index contributed by atoms with van der Waals surface area (Å²) in [5.74, 6) is -0.610. The van der Waals surface area contributed by atoms with Crippen LogP contribution in [0.1, 0.15) is 21.6 Å². The van der Waals surface area contributed by atoms with Crippen molar-refractivity contribution in [1.29, 1.82) is 0 Å². The van der Waals surface area contributed by atoms with E-state index >= 15 is 0 Å². The minimum atomic E-state index is -3.73. The van der Waals surface area contributed by atoms with E-state index in [0.717, 1.165) is 28.8 Å². The molecule has 0 atom stereocenters. The summed E-state index contributed by atoms with van der Waals surface area (Å²) in [6.45, 7) is 7.59. The Labute approximate surface area is 192 Å². The Morgan fingerprint density at radius 2 is 1.76 bits per heavy atom. The lowest BCUT2D eigenvalue weighted by Crippen LogP contribution is -2.31. The summed E-state index contributed by atoms with van der Waals surface area (Å²) in [7, 11) is -3.73. The number of nitrogens with zero attached hydrogens (tertiary/aromatic N) is 3. The molecule has 0 saturated carbocycles. The molecule has 1 aliphatic carbocycles. The van der Waals surface area contributed by atoms with E-state index in [2.05, 4.69) is 18.3 Å². The first kappa shape index (κ1) is 22.5. The molecule has 2 aromatic carbocycles. The van der Waals surface area contributed by atoms with Gasteiger partial charge >= 0.3 is 0 Å². The highest BCUT2D eigenvalue weighted by molar-refractivity contribution is 7.89. The van der Waals surface area contributed by atoms with Gasteiger partial charge in [-0.2, -0.15) is 9.40 Å². The van der Waals surface area contributed by atoms with Gasteiger partial charge < -0.3 is 11.5 Å². The monoisotopic (exact) mass is 463 g/mol. The number of benzene rings is 2. The second-order valence-electron chi connectivity index (χ2n) is 7.76. The smallest absolute Gasteiger partial charge is 0.269 e. The van der Waals surface area contributed by atoms with E-state index in [1.807, 2.05) is 18.2 Å². The molecule has 4 N–H and O–H groups in total. The molecule has 0 spiro atoms. The maximum Gasteiger partial charge on any atom is 0.269 e. The van der Waals surface area contributed by atoms with Crippen molar-refractivity contribution in [2.24, 2.45) is 5.73 Å². The summed E-state index contributed by atoms with van der Waals surface area (Å²) < 4.78 is 29.0. The van der Waals surface area contributed by atoms with Crippen molar-refractivity contribution in [3.8, 4) is 16.9 Å². The van der Waals surface area contributed by atoms with Crippen LogP contribution in [0, 0.1) is 0 Å². The third kappa shape index (κ3) is 3.96. The minimum Gasteiger partial charge on any atom is -0.399 e. The molecule has 9 heteroatoms. The van der Waals surface area contributed by atoms with E-state index in [4.69, 9.17) is 11.5 Å². The predicted octanol–water partition coefficient (Wildman–Crippen LogP) is 2.68. The van der Waals surface area contributed by atoms with Crippen LogP contribution in [-0.2, 0) is 22.9 Å². The third-order valence-electron chi connectivity index (χ3n) is 5.63. The Kier molecular flexibility index (Phi) is 5.92. The van der Waals surface area contributed by atoms with Gasteiger partial charge in [-0.25, -0.2) is 13.1 Å². The SMILES string of the molecule is C=CCN(CC=C)S(=O)(=O)c1ccc(-n2nc(C(N)=O)c3c2-c2cc(N)ccc2CC3)cc1. The predicted molar refractivity (Wildman–Crippen MR) is 128 cm³/mol. The number of primary amides is 1. The second kappa shape index (κ2) is 8.68. The van der Waals surface area contributed by atoms with Gasteiger partial charge in [0.05, 0.1) is 16.3 Å². The minimum absolute atomic E-state index is 0.135. The highest BCUT2D eigenvalue weighted by Gasteiger charge is 2.29. The number of hydrogen-bond donors (Lipinski definition) is 2. The molecule has 0 unspecified atom stereocenters. The summed E-state index contributed by atoms with van der Waals surface area (Å²) in [4.78, 5) is 12.2. The van der Waals surface area contributed by atoms with Gasteiger partial charge in [0.25, 0.3) is 5.91 Å². The number of carbonyl (C=O) groups is 1. The van der Waals surface area contributed by atoms with Gasteiger partial charge in [-0.1, -0.05) is 18.2 Å². The van der Waals surface area contributed by atoms with Crippen LogP contribution in [0.4, 0.5) is 5.69 Å². The summed E-state index contributed by atoms with van der Waals surface area (Å²) in [5, 5.41) is 4.49. The highest BCUT2D eigenvalue weighted by Crippen LogP contribution is 2.38. The largest absolute Gasteiger partial charge is 0.399 e. The summed E-state index contributed by atoms with van der Waals surface area (Å²) >= 11 is 0. The van der Waals surface area contributed by atoms with E-state index in [9.17, 15) is 13.2 Å². The topological polar surface area (TPSA) is 124 Å². The van der Waals surface area contributed by atoms with Crippen LogP contribution in [0.15, 0.2) is 72.7 Å². The van der Waals surface area contributed by atoms with Crippen LogP contribution in [0.3, 0.4) is 0 Å². The first-order valence-electron chi connectivity index (χ1n) is 10.4. The molecule has 8 nitrogen and oxygen atoms in total. The molecule has 33 heavy (non-hydrogen) atoms. The van der Waals surface area contributed by atoms with Crippen LogP contribution in [-0.4, -0.2) is 41.5 Å². The zero-order valence-electron chi connectivity index (χ0n) is 18.1. The Morgan fingerprint density at radius 3 is 2.36 bits per heavy atom. The van der Waals surface area contributed by atoms with Gasteiger partial charge in [0, 0.05) is 29.9 Å². The van der Waals surface area contributed by atoms with Gasteiger partial charge in [-0.05, 0) is 54.8 Å². The van der Waals surface area contributed by atoms with Crippen molar-refractivity contribution in [3.05, 3.63) is 84.6 Å². The first-order chi connectivity index (χ1) is 15.8. The standard InChI is InChI=1S/C24H25N5O3S/c1-3-13-28(14-4-2)33(31,32)19-10-8-18(9-11-19)29-23-20(22(27-29)24(26)30)12-6-16-5-7-17(25)15-21(16)23/h3-5,7-11,15H,1-2,6,12-14,25H2,(H2,26,30). The van der Waals surface area contributed by atoms with E-state index < -0.39 is 15.9 Å². The molecule has 0 saturated heterocycles. The third-order valence-corrected chi connectivity index (χ3v) is 7.48. The molecular weight excluding hydrogens is 438 g/mol. The number of nitrogens with two attached hydrogens (primary N) is 2. The zero-order chi connectivity index (χ0) is 23.8. The Hall–Kier alpha value is -3.69. The van der Waals surface area contributed by atoms with E-state index in [1.165, 1.54) is 28.6 Å². The van der Waals surface area contributed by atoms with Crippen molar-refractivity contribution < 1.29 is 13.2 Å². The average Bonchev–Trinajstić information content (AvgIpc) is 3.19. The molecule has 1 heterocycles. The van der Waals surface area contributed by atoms with Crippen molar-refractivity contribution in [1.82, 2.24) is 14.1 Å². The highest BCUT2D eigenvalue weighted by atomic mass is 32.2. The van der Waals surface area contributed by atoms with Crippen molar-refractivity contribution >= 4 is 21.6 Å². The van der Waals surface area contributed by atoms with Crippen LogP contribution in [0.2, 0.25) is 0 Å². The molecule has 1 amide bonds. The zero-order valence-corrected chi connectivity index (χ0v) is 18.9. The maximum atomic E-state index is 13.0. The molecule has 0 radical (unpaired) electrons. The number of hydrogen-bond acceptors (Lipinski definition) is 5. The number of carbonyl (C=O) groups excluding carboxylic acids is 1. The fourth-order valence-electron chi connectivity index (χ4n) is 4.11. The van der Waals surface area contributed by atoms with Gasteiger partial charge in [0.15, 0.2) is 5.69 Å². The molecule has 1 aromatic heterocycles. The lowest BCUT2D eigenvalue weighted by Gasteiger charge is -2.20. The maximum absolute atomic E-state index is 13.0. The number of aromatic nitrogens is 2. The Bertz CT molecular complexity index is 1350. The van der Waals surface area contributed by atoms with Crippen LogP contribution < -0.4 is 11.5 Å². The van der Waals surface area contributed by atoms with E-state index in [1.54, 1.807) is 16.8 Å². The number of nitrogen functional groups attached to an aromatic ring is 1. The summed E-state index contributed by atoms with van der Waals surface area (Å²) in [5.41, 5.74) is 16.5. The Balaban J connectivity index is 1.82. The van der Waals surface area contributed by atoms with Gasteiger partial charge in [-0.15, -0.1) is 13.2 Å². The lowest BCUT2D eigenvalue weighted by molar-refractivity contribution is 0.0994. The molecular formula is C24H25N5O3S. The molecule has 170 valence electrons. The van der Waals surface area contributed by atoms with Crippen LogP contribution >= 0.6 is 0 Å². The van der Waals surface area contributed by atoms with E-state index in [-0.39, 0.29) is 23.7 Å².